The van der Waals surface area contributed by atoms with E-state index in [1.165, 1.54) is 0 Å². The van der Waals surface area contributed by atoms with Crippen molar-refractivity contribution in [3.8, 4) is 34.3 Å². The summed E-state index contributed by atoms with van der Waals surface area (Å²) in [5.74, 6) is 1.44. The summed E-state index contributed by atoms with van der Waals surface area (Å²) in [4.78, 5) is 21.8. The zero-order valence-electron chi connectivity index (χ0n) is 16.0. The molecule has 7 nitrogen and oxygen atoms in total. The molecule has 0 aliphatic rings. The molecule has 30 heavy (non-hydrogen) atoms. The lowest BCUT2D eigenvalue weighted by atomic mass is 10.1. The largest absolute Gasteiger partial charge is 0.497 e. The van der Waals surface area contributed by atoms with Gasteiger partial charge in [-0.25, -0.2) is 0 Å². The van der Waals surface area contributed by atoms with Gasteiger partial charge in [0, 0.05) is 41.0 Å². The van der Waals surface area contributed by atoms with E-state index in [9.17, 15) is 4.79 Å². The lowest BCUT2D eigenvalue weighted by Crippen LogP contribution is -2.18. The number of benzene rings is 2. The molecule has 5 aromatic rings. The van der Waals surface area contributed by atoms with Gasteiger partial charge in [-0.1, -0.05) is 29.4 Å². The molecule has 3 aromatic heterocycles. The molecule has 0 radical (unpaired) electrons. The molecule has 0 saturated carbocycles. The predicted molar refractivity (Wildman–Crippen MR) is 113 cm³/mol. The topological polar surface area (TPSA) is 83.0 Å². The van der Waals surface area contributed by atoms with Crippen LogP contribution in [0, 0.1) is 0 Å². The molecular weight excluding hydrogens is 380 g/mol. The van der Waals surface area contributed by atoms with Crippen LogP contribution in [0.1, 0.15) is 0 Å². The van der Waals surface area contributed by atoms with Crippen molar-refractivity contribution in [2.75, 3.05) is 7.11 Å². The molecule has 0 spiro atoms. The summed E-state index contributed by atoms with van der Waals surface area (Å²) in [5.41, 5.74) is 2.00. The average molecular weight is 396 g/mol. The van der Waals surface area contributed by atoms with Gasteiger partial charge in [-0.05, 0) is 30.3 Å². The number of ether oxygens (including phenoxy) is 1. The summed E-state index contributed by atoms with van der Waals surface area (Å²) in [6.07, 6.45) is 5.07. The molecule has 3 heterocycles. The molecule has 0 bridgehead atoms. The maximum absolute atomic E-state index is 13.2. The normalized spacial score (nSPS) is 11.0. The molecule has 0 atom stereocenters. The van der Waals surface area contributed by atoms with E-state index in [-0.39, 0.29) is 5.56 Å². The second-order valence-corrected chi connectivity index (χ2v) is 6.62. The minimum absolute atomic E-state index is 0.142. The number of hydrogen-bond acceptors (Lipinski definition) is 6. The van der Waals surface area contributed by atoms with Crippen molar-refractivity contribution >= 4 is 10.8 Å². The Bertz CT molecular complexity index is 1410. The van der Waals surface area contributed by atoms with Crippen LogP contribution in [0.3, 0.4) is 0 Å². The van der Waals surface area contributed by atoms with Gasteiger partial charge in [0.1, 0.15) is 5.75 Å². The molecule has 2 aromatic carbocycles. The monoisotopic (exact) mass is 396 g/mol. The Kier molecular flexibility index (Phi) is 4.33. The molecule has 0 amide bonds. The van der Waals surface area contributed by atoms with Crippen LogP contribution < -0.4 is 10.3 Å². The zero-order valence-corrected chi connectivity index (χ0v) is 16.0. The number of hydrogen-bond donors (Lipinski definition) is 0. The van der Waals surface area contributed by atoms with Crippen LogP contribution in [0.2, 0.25) is 0 Å². The number of aromatic nitrogens is 4. The number of pyridine rings is 2. The smallest absolute Gasteiger partial charge is 0.262 e. The maximum atomic E-state index is 13.2. The van der Waals surface area contributed by atoms with E-state index < -0.39 is 0 Å². The third kappa shape index (κ3) is 3.02. The molecule has 0 fully saturated rings. The van der Waals surface area contributed by atoms with Gasteiger partial charge < -0.3 is 9.26 Å². The first kappa shape index (κ1) is 17.8. The Hall–Kier alpha value is -4.26. The first-order valence-corrected chi connectivity index (χ1v) is 9.28. The van der Waals surface area contributed by atoms with Crippen molar-refractivity contribution in [2.45, 2.75) is 0 Å². The summed E-state index contributed by atoms with van der Waals surface area (Å²) in [6, 6.07) is 18.3. The minimum atomic E-state index is -0.142. The molecule has 0 aliphatic heterocycles. The average Bonchev–Trinajstić information content (AvgIpc) is 3.30. The molecule has 0 unspecified atom stereocenters. The second-order valence-electron chi connectivity index (χ2n) is 6.62. The fourth-order valence-electron chi connectivity index (χ4n) is 3.37. The van der Waals surface area contributed by atoms with Crippen LogP contribution in [0.15, 0.2) is 88.6 Å². The molecule has 7 heteroatoms. The van der Waals surface area contributed by atoms with Gasteiger partial charge >= 0.3 is 0 Å². The summed E-state index contributed by atoms with van der Waals surface area (Å²) in [7, 11) is 1.59. The summed E-state index contributed by atoms with van der Waals surface area (Å²) in [5, 5.41) is 5.40. The van der Waals surface area contributed by atoms with Crippen molar-refractivity contribution in [3.05, 3.63) is 89.6 Å². The second kappa shape index (κ2) is 7.29. The summed E-state index contributed by atoms with van der Waals surface area (Å²) < 4.78 is 12.4. The molecule has 5 rings (SSSR count). The van der Waals surface area contributed by atoms with E-state index in [0.717, 1.165) is 10.9 Å². The van der Waals surface area contributed by atoms with E-state index in [1.54, 1.807) is 42.4 Å². The van der Waals surface area contributed by atoms with E-state index in [2.05, 4.69) is 15.1 Å². The number of methoxy groups -OCH3 is 1. The van der Waals surface area contributed by atoms with E-state index in [1.807, 2.05) is 48.5 Å². The van der Waals surface area contributed by atoms with Crippen LogP contribution in [0.4, 0.5) is 0 Å². The lowest BCUT2D eigenvalue weighted by Gasteiger charge is -2.11. The van der Waals surface area contributed by atoms with Gasteiger partial charge in [-0.15, -0.1) is 0 Å². The van der Waals surface area contributed by atoms with Crippen molar-refractivity contribution in [3.63, 3.8) is 0 Å². The first-order valence-electron chi connectivity index (χ1n) is 9.28. The van der Waals surface area contributed by atoms with Crippen LogP contribution >= 0.6 is 0 Å². The highest BCUT2D eigenvalue weighted by atomic mass is 16.5. The Labute approximate surface area is 171 Å². The van der Waals surface area contributed by atoms with E-state index in [4.69, 9.17) is 9.26 Å². The SMILES string of the molecule is COc1cccc(-n2cc(-c3nc(-c4ccncc4)no3)c3ccccc3c2=O)c1. The van der Waals surface area contributed by atoms with Crippen molar-refractivity contribution in [1.29, 1.82) is 0 Å². The minimum Gasteiger partial charge on any atom is -0.497 e. The highest BCUT2D eigenvalue weighted by Gasteiger charge is 2.17. The molecule has 0 saturated heterocycles. The Morgan fingerprint density at radius 3 is 2.57 bits per heavy atom. The van der Waals surface area contributed by atoms with Gasteiger partial charge in [0.2, 0.25) is 5.82 Å². The number of fused-ring (bicyclic) bond motifs is 1. The van der Waals surface area contributed by atoms with Crippen LogP contribution in [0.25, 0.3) is 39.3 Å². The van der Waals surface area contributed by atoms with Crippen LogP contribution in [-0.4, -0.2) is 26.8 Å². The quantitative estimate of drug-likeness (QED) is 0.455. The summed E-state index contributed by atoms with van der Waals surface area (Å²) in [6.45, 7) is 0. The van der Waals surface area contributed by atoms with Gasteiger partial charge in [0.15, 0.2) is 0 Å². The van der Waals surface area contributed by atoms with Gasteiger partial charge in [0.05, 0.1) is 18.4 Å². The molecule has 0 N–H and O–H groups in total. The molecular formula is C23H16N4O3. The van der Waals surface area contributed by atoms with Crippen LogP contribution in [-0.2, 0) is 0 Å². The third-order valence-electron chi connectivity index (χ3n) is 4.85. The lowest BCUT2D eigenvalue weighted by molar-refractivity contribution is 0.414. The standard InChI is InChI=1S/C23H16N4O3/c1-29-17-6-4-5-16(13-17)27-14-20(18-7-2-3-8-19(18)23(27)28)22-25-21(26-30-22)15-9-11-24-12-10-15/h2-14H,1H3. The maximum Gasteiger partial charge on any atom is 0.262 e. The third-order valence-corrected chi connectivity index (χ3v) is 4.85. The fourth-order valence-corrected chi connectivity index (χ4v) is 3.37. The Balaban J connectivity index is 1.73. The Morgan fingerprint density at radius 1 is 0.967 bits per heavy atom. The highest BCUT2D eigenvalue weighted by molar-refractivity contribution is 5.94. The van der Waals surface area contributed by atoms with Gasteiger partial charge in [-0.3, -0.25) is 14.3 Å². The highest BCUT2D eigenvalue weighted by Crippen LogP contribution is 2.28. The number of nitrogens with zero attached hydrogens (tertiary/aromatic N) is 4. The predicted octanol–water partition coefficient (Wildman–Crippen LogP) is 4.11. The van der Waals surface area contributed by atoms with Crippen molar-refractivity contribution in [2.24, 2.45) is 0 Å². The van der Waals surface area contributed by atoms with Crippen LogP contribution in [0.5, 0.6) is 5.75 Å². The van der Waals surface area contributed by atoms with Gasteiger partial charge in [0.25, 0.3) is 11.4 Å². The van der Waals surface area contributed by atoms with Crippen molar-refractivity contribution in [1.82, 2.24) is 19.7 Å². The van der Waals surface area contributed by atoms with E-state index in [0.29, 0.717) is 34.1 Å². The Morgan fingerprint density at radius 2 is 1.77 bits per heavy atom. The molecule has 0 aliphatic carbocycles. The fraction of sp³-hybridized carbons (Fsp3) is 0.0435. The first-order chi connectivity index (χ1) is 14.7. The zero-order chi connectivity index (χ0) is 20.5. The van der Waals surface area contributed by atoms with Crippen molar-refractivity contribution < 1.29 is 9.26 Å². The molecule has 146 valence electrons. The van der Waals surface area contributed by atoms with E-state index >= 15 is 0 Å². The van der Waals surface area contributed by atoms with Gasteiger partial charge in [-0.2, -0.15) is 4.98 Å². The summed E-state index contributed by atoms with van der Waals surface area (Å²) >= 11 is 0. The number of rotatable bonds is 4.